The van der Waals surface area contributed by atoms with Crippen LogP contribution in [0.15, 0.2) is 36.7 Å². The van der Waals surface area contributed by atoms with Crippen LogP contribution >= 0.6 is 0 Å². The predicted molar refractivity (Wildman–Crippen MR) is 103 cm³/mol. The van der Waals surface area contributed by atoms with Crippen LogP contribution in [0.5, 0.6) is 5.75 Å². The van der Waals surface area contributed by atoms with Gasteiger partial charge in [-0.15, -0.1) is 0 Å². The Balaban J connectivity index is 1.46. The summed E-state index contributed by atoms with van der Waals surface area (Å²) in [4.78, 5) is 13.2. The summed E-state index contributed by atoms with van der Waals surface area (Å²) in [6.45, 7) is 3.95. The number of rotatable bonds is 7. The number of ether oxygens (including phenoxy) is 1. The van der Waals surface area contributed by atoms with Gasteiger partial charge in [0.25, 0.3) is 0 Å². The largest absolute Gasteiger partial charge is 0.490 e. The minimum Gasteiger partial charge on any atom is -0.490 e. The van der Waals surface area contributed by atoms with Crippen LogP contribution in [-0.2, 0) is 10.3 Å². The summed E-state index contributed by atoms with van der Waals surface area (Å²) >= 11 is 0. The van der Waals surface area contributed by atoms with Gasteiger partial charge in [0.2, 0.25) is 5.91 Å². The molecule has 150 valence electrons. The Kier molecular flexibility index (Phi) is 5.35. The molecule has 2 aliphatic rings. The molecule has 2 N–H and O–H groups in total. The van der Waals surface area contributed by atoms with E-state index in [9.17, 15) is 9.18 Å². The van der Waals surface area contributed by atoms with E-state index < -0.39 is 5.54 Å². The fraction of sp³-hybridized carbons (Fsp3) is 0.524. The molecule has 1 saturated carbocycles. The number of carbonyl (C=O) groups excluding carboxylic acids is 1. The molecule has 2 aromatic rings. The van der Waals surface area contributed by atoms with E-state index in [4.69, 9.17) is 4.74 Å². The van der Waals surface area contributed by atoms with Gasteiger partial charge in [-0.05, 0) is 75.4 Å². The third-order valence-electron chi connectivity index (χ3n) is 5.77. The van der Waals surface area contributed by atoms with E-state index in [-0.39, 0.29) is 23.5 Å². The number of carbonyl (C=O) groups is 1. The molecule has 4 rings (SSSR count). The summed E-state index contributed by atoms with van der Waals surface area (Å²) < 4.78 is 21.7. The molecule has 1 amide bonds. The summed E-state index contributed by atoms with van der Waals surface area (Å²) in [5.74, 6) is 0.379. The standard InChI is InChI=1S/C21H27FN4O2/c1-15(17-5-6-19(18(22)13-17)28-14-16-3-4-16)25-20(27)21(7-10-23-11-8-21)26-12-2-9-24-26/h2,5-6,9,12-13,15-16,23H,3-4,7-8,10-11,14H2,1H3,(H,25,27). The van der Waals surface area contributed by atoms with Crippen LogP contribution in [0.1, 0.15) is 44.2 Å². The van der Waals surface area contributed by atoms with E-state index in [0.29, 0.717) is 30.9 Å². The number of hydrogen-bond acceptors (Lipinski definition) is 4. The number of benzene rings is 1. The van der Waals surface area contributed by atoms with Gasteiger partial charge in [-0.3, -0.25) is 9.48 Å². The van der Waals surface area contributed by atoms with Gasteiger partial charge in [-0.1, -0.05) is 6.07 Å². The Morgan fingerprint density at radius 1 is 1.43 bits per heavy atom. The van der Waals surface area contributed by atoms with Crippen molar-refractivity contribution >= 4 is 5.91 Å². The zero-order chi connectivity index (χ0) is 19.6. The molecule has 1 unspecified atom stereocenters. The second-order valence-corrected chi connectivity index (χ2v) is 7.87. The molecule has 28 heavy (non-hydrogen) atoms. The average molecular weight is 386 g/mol. The lowest BCUT2D eigenvalue weighted by Gasteiger charge is -2.37. The third kappa shape index (κ3) is 3.90. The van der Waals surface area contributed by atoms with Crippen LogP contribution in [0.4, 0.5) is 4.39 Å². The summed E-state index contributed by atoms with van der Waals surface area (Å²) in [7, 11) is 0. The van der Waals surface area contributed by atoms with Gasteiger partial charge in [0.1, 0.15) is 5.54 Å². The van der Waals surface area contributed by atoms with E-state index in [1.807, 2.05) is 25.3 Å². The molecule has 1 atom stereocenters. The molecule has 0 radical (unpaired) electrons. The first-order valence-electron chi connectivity index (χ1n) is 10.0. The normalized spacial score (nSPS) is 19.8. The molecule has 6 nitrogen and oxygen atoms in total. The lowest BCUT2D eigenvalue weighted by Crippen LogP contribution is -2.55. The van der Waals surface area contributed by atoms with Gasteiger partial charge in [0.15, 0.2) is 11.6 Å². The Bertz CT molecular complexity index is 814. The van der Waals surface area contributed by atoms with Crippen LogP contribution in [0.2, 0.25) is 0 Å². The summed E-state index contributed by atoms with van der Waals surface area (Å²) in [6.07, 6.45) is 7.18. The first kappa shape index (κ1) is 18.9. The zero-order valence-corrected chi connectivity index (χ0v) is 16.2. The number of nitrogens with zero attached hydrogens (tertiary/aromatic N) is 2. The van der Waals surface area contributed by atoms with E-state index in [1.165, 1.54) is 6.07 Å². The fourth-order valence-corrected chi connectivity index (χ4v) is 3.73. The molecule has 1 aliphatic heterocycles. The van der Waals surface area contributed by atoms with Gasteiger partial charge in [0.05, 0.1) is 12.6 Å². The van der Waals surface area contributed by atoms with Crippen LogP contribution in [0, 0.1) is 11.7 Å². The number of halogens is 1. The highest BCUT2D eigenvalue weighted by Crippen LogP contribution is 2.31. The monoisotopic (exact) mass is 386 g/mol. The van der Waals surface area contributed by atoms with Gasteiger partial charge >= 0.3 is 0 Å². The fourth-order valence-electron chi connectivity index (χ4n) is 3.73. The summed E-state index contributed by atoms with van der Waals surface area (Å²) in [6, 6.07) is 6.44. The highest BCUT2D eigenvalue weighted by Gasteiger charge is 2.42. The van der Waals surface area contributed by atoms with Crippen LogP contribution < -0.4 is 15.4 Å². The zero-order valence-electron chi connectivity index (χ0n) is 16.2. The molecule has 1 aromatic heterocycles. The van der Waals surface area contributed by atoms with Crippen molar-refractivity contribution in [3.05, 3.63) is 48.0 Å². The summed E-state index contributed by atoms with van der Waals surface area (Å²) in [5, 5.41) is 10.7. The van der Waals surface area contributed by atoms with Crippen LogP contribution in [-0.4, -0.2) is 35.4 Å². The van der Waals surface area contributed by atoms with E-state index in [2.05, 4.69) is 15.7 Å². The quantitative estimate of drug-likeness (QED) is 0.768. The highest BCUT2D eigenvalue weighted by molar-refractivity contribution is 5.85. The second-order valence-electron chi connectivity index (χ2n) is 7.87. The third-order valence-corrected chi connectivity index (χ3v) is 5.77. The molecule has 1 aliphatic carbocycles. The molecule has 2 heterocycles. The smallest absolute Gasteiger partial charge is 0.248 e. The molecule has 0 spiro atoms. The van der Waals surface area contributed by atoms with Crippen molar-refractivity contribution in [2.75, 3.05) is 19.7 Å². The lowest BCUT2D eigenvalue weighted by molar-refractivity contribution is -0.132. The van der Waals surface area contributed by atoms with Gasteiger partial charge < -0.3 is 15.4 Å². The molecular formula is C21H27FN4O2. The SMILES string of the molecule is CC(NC(=O)C1(n2cccn2)CCNCC1)c1ccc(OCC2CC2)c(F)c1. The molecule has 1 saturated heterocycles. The number of nitrogens with one attached hydrogen (secondary N) is 2. The number of amides is 1. The molecule has 1 aromatic carbocycles. The van der Waals surface area contributed by atoms with Crippen molar-refractivity contribution in [1.29, 1.82) is 0 Å². The van der Waals surface area contributed by atoms with Crippen molar-refractivity contribution in [1.82, 2.24) is 20.4 Å². The predicted octanol–water partition coefficient (Wildman–Crippen LogP) is 2.77. The molecule has 2 fully saturated rings. The Labute approximate surface area is 164 Å². The highest BCUT2D eigenvalue weighted by atomic mass is 19.1. The molecule has 7 heteroatoms. The van der Waals surface area contributed by atoms with Gasteiger partial charge in [0, 0.05) is 12.4 Å². The van der Waals surface area contributed by atoms with Gasteiger partial charge in [-0.25, -0.2) is 4.39 Å². The minimum atomic E-state index is -0.713. The Hall–Kier alpha value is -2.41. The maximum Gasteiger partial charge on any atom is 0.248 e. The minimum absolute atomic E-state index is 0.0836. The Morgan fingerprint density at radius 3 is 2.86 bits per heavy atom. The van der Waals surface area contributed by atoms with Gasteiger partial charge in [-0.2, -0.15) is 5.10 Å². The second kappa shape index (κ2) is 7.91. The van der Waals surface area contributed by atoms with Crippen LogP contribution in [0.3, 0.4) is 0 Å². The van der Waals surface area contributed by atoms with Crippen molar-refractivity contribution in [2.24, 2.45) is 5.92 Å². The maximum atomic E-state index is 14.4. The van der Waals surface area contributed by atoms with Crippen LogP contribution in [0.25, 0.3) is 0 Å². The van der Waals surface area contributed by atoms with E-state index in [1.54, 1.807) is 16.9 Å². The van der Waals surface area contributed by atoms with Crippen molar-refractivity contribution in [3.8, 4) is 5.75 Å². The Morgan fingerprint density at radius 2 is 2.21 bits per heavy atom. The van der Waals surface area contributed by atoms with E-state index >= 15 is 0 Å². The lowest BCUT2D eigenvalue weighted by atomic mass is 9.87. The van der Waals surface area contributed by atoms with Crippen molar-refractivity contribution < 1.29 is 13.9 Å². The van der Waals surface area contributed by atoms with E-state index in [0.717, 1.165) is 25.9 Å². The number of aromatic nitrogens is 2. The topological polar surface area (TPSA) is 68.2 Å². The van der Waals surface area contributed by atoms with Crippen molar-refractivity contribution in [2.45, 2.75) is 44.2 Å². The number of hydrogen-bond donors (Lipinski definition) is 2. The first-order valence-corrected chi connectivity index (χ1v) is 10.0. The van der Waals surface area contributed by atoms with Crippen molar-refractivity contribution in [3.63, 3.8) is 0 Å². The maximum absolute atomic E-state index is 14.4. The average Bonchev–Trinajstić information content (AvgIpc) is 3.37. The molecule has 0 bridgehead atoms. The number of piperidine rings is 1. The molecular weight excluding hydrogens is 359 g/mol. The first-order chi connectivity index (χ1) is 13.6. The summed E-state index contributed by atoms with van der Waals surface area (Å²) in [5.41, 5.74) is 0.00340.